The van der Waals surface area contributed by atoms with Crippen LogP contribution in [0.4, 0.5) is 5.69 Å². The van der Waals surface area contributed by atoms with Gasteiger partial charge in [0.25, 0.3) is 0 Å². The Morgan fingerprint density at radius 1 is 1.28 bits per heavy atom. The van der Waals surface area contributed by atoms with Crippen molar-refractivity contribution in [2.75, 3.05) is 31.1 Å². The number of anilines is 1. The predicted molar refractivity (Wildman–Crippen MR) is 93.1 cm³/mol. The summed E-state index contributed by atoms with van der Waals surface area (Å²) in [4.78, 5) is 16.8. The maximum atomic E-state index is 12.9. The fraction of sp³-hybridized carbons (Fsp3) is 0.500. The Morgan fingerprint density at radius 3 is 3.00 bits per heavy atom. The minimum Gasteiger partial charge on any atom is -0.382 e. The third kappa shape index (κ3) is 3.17. The highest BCUT2D eigenvalue weighted by molar-refractivity contribution is 5.95. The van der Waals surface area contributed by atoms with Crippen LogP contribution >= 0.6 is 0 Å². The molecule has 2 aliphatic rings. The van der Waals surface area contributed by atoms with Crippen LogP contribution in [0.5, 0.6) is 0 Å². The Balaban J connectivity index is 1.46. The molecule has 0 bridgehead atoms. The van der Waals surface area contributed by atoms with E-state index in [-0.39, 0.29) is 5.91 Å². The number of carbonyl (C=O) groups is 1. The molecule has 2 N–H and O–H groups in total. The number of carbonyl (C=O) groups excluding carboxylic acids is 1. The van der Waals surface area contributed by atoms with E-state index in [0.717, 1.165) is 38.0 Å². The Morgan fingerprint density at radius 2 is 2.16 bits per heavy atom. The molecule has 0 aliphatic carbocycles. The van der Waals surface area contributed by atoms with E-state index in [0.29, 0.717) is 25.2 Å². The van der Waals surface area contributed by atoms with Gasteiger partial charge in [-0.15, -0.1) is 0 Å². The third-order valence-electron chi connectivity index (χ3n) is 5.21. The molecule has 3 heterocycles. The number of piperidine rings is 1. The number of hydrogen-bond donors (Lipinski definition) is 2. The summed E-state index contributed by atoms with van der Waals surface area (Å²) in [6, 6.07) is 8.12. The summed E-state index contributed by atoms with van der Waals surface area (Å²) in [6.07, 6.45) is 5.04. The van der Waals surface area contributed by atoms with Crippen LogP contribution in [-0.4, -0.2) is 57.5 Å². The zero-order chi connectivity index (χ0) is 17.3. The number of hydrogen-bond acceptors (Lipinski definition) is 5. The van der Waals surface area contributed by atoms with Crippen LogP contribution in [0, 0.1) is 0 Å². The summed E-state index contributed by atoms with van der Waals surface area (Å²) in [5.41, 5.74) is 1.78. The number of aryl methyl sites for hydroxylation is 1. The minimum atomic E-state index is -1.04. The molecule has 4 rings (SSSR count). The van der Waals surface area contributed by atoms with Gasteiger partial charge in [-0.05, 0) is 43.9 Å². The molecule has 1 aromatic heterocycles. The van der Waals surface area contributed by atoms with Crippen molar-refractivity contribution in [3.05, 3.63) is 41.7 Å². The largest absolute Gasteiger partial charge is 0.382 e. The molecule has 1 aromatic carbocycles. The van der Waals surface area contributed by atoms with E-state index in [4.69, 9.17) is 0 Å². The lowest BCUT2D eigenvalue weighted by Crippen LogP contribution is -2.50. The SMILES string of the molecule is O=C(CN1CCC[C@](O)(c2cn[nH]n2)C1)N1CCCc2ccccc21. The van der Waals surface area contributed by atoms with E-state index in [1.54, 1.807) is 6.20 Å². The number of aliphatic hydroxyl groups is 1. The number of benzene rings is 1. The van der Waals surface area contributed by atoms with Crippen molar-refractivity contribution in [3.63, 3.8) is 0 Å². The number of likely N-dealkylation sites (tertiary alicyclic amines) is 1. The van der Waals surface area contributed by atoms with Crippen molar-refractivity contribution < 1.29 is 9.90 Å². The summed E-state index contributed by atoms with van der Waals surface area (Å²) in [5.74, 6) is 0.0940. The van der Waals surface area contributed by atoms with Crippen LogP contribution in [0.1, 0.15) is 30.5 Å². The average molecular weight is 341 g/mol. The lowest BCUT2D eigenvalue weighted by molar-refractivity contribution is -0.122. The first-order chi connectivity index (χ1) is 12.2. The first-order valence-corrected chi connectivity index (χ1v) is 8.85. The molecule has 2 aromatic rings. The molecule has 7 nitrogen and oxygen atoms in total. The Labute approximate surface area is 146 Å². The van der Waals surface area contributed by atoms with Crippen LogP contribution in [0.15, 0.2) is 30.5 Å². The average Bonchev–Trinajstić information content (AvgIpc) is 3.17. The number of rotatable bonds is 3. The third-order valence-corrected chi connectivity index (χ3v) is 5.21. The summed E-state index contributed by atoms with van der Waals surface area (Å²) < 4.78 is 0. The first-order valence-electron chi connectivity index (χ1n) is 8.85. The number of H-pyrrole nitrogens is 1. The fourth-order valence-corrected chi connectivity index (χ4v) is 3.96. The molecule has 25 heavy (non-hydrogen) atoms. The van der Waals surface area contributed by atoms with E-state index in [9.17, 15) is 9.90 Å². The lowest BCUT2D eigenvalue weighted by Gasteiger charge is -2.39. The molecule has 1 saturated heterocycles. The van der Waals surface area contributed by atoms with Gasteiger partial charge in [0, 0.05) is 18.8 Å². The van der Waals surface area contributed by atoms with Crippen LogP contribution in [0.2, 0.25) is 0 Å². The van der Waals surface area contributed by atoms with Gasteiger partial charge in [0.2, 0.25) is 5.91 Å². The molecular weight excluding hydrogens is 318 g/mol. The van der Waals surface area contributed by atoms with Crippen molar-refractivity contribution in [3.8, 4) is 0 Å². The molecule has 2 aliphatic heterocycles. The van der Waals surface area contributed by atoms with Crippen LogP contribution in [-0.2, 0) is 16.8 Å². The molecule has 132 valence electrons. The van der Waals surface area contributed by atoms with Gasteiger partial charge in [0.15, 0.2) is 0 Å². The number of aromatic nitrogens is 3. The molecule has 7 heteroatoms. The second-order valence-electron chi connectivity index (χ2n) is 6.98. The standard InChI is InChI=1S/C18H23N5O2/c24-17(23-10-3-6-14-5-1-2-7-15(14)23)12-22-9-4-8-18(25,13-22)16-11-19-21-20-16/h1-2,5,7,11,25H,3-4,6,8-10,12-13H2,(H,19,20,21)/t18-/m1/s1. The fourth-order valence-electron chi connectivity index (χ4n) is 3.96. The molecule has 0 spiro atoms. The topological polar surface area (TPSA) is 85.3 Å². The van der Waals surface area contributed by atoms with Crippen molar-refractivity contribution in [1.29, 1.82) is 0 Å². The monoisotopic (exact) mass is 341 g/mol. The van der Waals surface area contributed by atoms with Crippen molar-refractivity contribution in [2.24, 2.45) is 0 Å². The minimum absolute atomic E-state index is 0.0940. The van der Waals surface area contributed by atoms with Gasteiger partial charge in [-0.3, -0.25) is 9.69 Å². The van der Waals surface area contributed by atoms with E-state index >= 15 is 0 Å². The maximum Gasteiger partial charge on any atom is 0.241 e. The predicted octanol–water partition coefficient (Wildman–Crippen LogP) is 1.07. The Hall–Kier alpha value is -2.25. The maximum absolute atomic E-state index is 12.9. The molecule has 0 saturated carbocycles. The van der Waals surface area contributed by atoms with E-state index in [2.05, 4.69) is 21.5 Å². The molecule has 0 radical (unpaired) electrons. The molecule has 0 unspecified atom stereocenters. The Bertz CT molecular complexity index is 748. The molecule has 1 amide bonds. The highest BCUT2D eigenvalue weighted by Crippen LogP contribution is 2.30. The Kier molecular flexibility index (Phi) is 4.27. The quantitative estimate of drug-likeness (QED) is 0.872. The van der Waals surface area contributed by atoms with Gasteiger partial charge < -0.3 is 10.0 Å². The summed E-state index contributed by atoms with van der Waals surface area (Å²) in [5, 5.41) is 21.3. The van der Waals surface area contributed by atoms with Gasteiger partial charge in [-0.2, -0.15) is 15.4 Å². The van der Waals surface area contributed by atoms with Crippen molar-refractivity contribution >= 4 is 11.6 Å². The summed E-state index contributed by atoms with van der Waals surface area (Å²) in [6.45, 7) is 2.29. The van der Waals surface area contributed by atoms with Crippen LogP contribution in [0.3, 0.4) is 0 Å². The van der Waals surface area contributed by atoms with Gasteiger partial charge in [-0.1, -0.05) is 18.2 Å². The van der Waals surface area contributed by atoms with Crippen LogP contribution in [0.25, 0.3) is 0 Å². The molecule has 1 atom stereocenters. The zero-order valence-electron chi connectivity index (χ0n) is 14.2. The van der Waals surface area contributed by atoms with Gasteiger partial charge >= 0.3 is 0 Å². The smallest absolute Gasteiger partial charge is 0.241 e. The van der Waals surface area contributed by atoms with Gasteiger partial charge in [-0.25, -0.2) is 0 Å². The number of amides is 1. The summed E-state index contributed by atoms with van der Waals surface area (Å²) >= 11 is 0. The molecular formula is C18H23N5O2. The highest BCUT2D eigenvalue weighted by Gasteiger charge is 2.38. The van der Waals surface area contributed by atoms with Crippen molar-refractivity contribution in [2.45, 2.75) is 31.3 Å². The number of nitrogens with one attached hydrogen (secondary N) is 1. The number of fused-ring (bicyclic) bond motifs is 1. The second-order valence-corrected chi connectivity index (χ2v) is 6.98. The number of nitrogens with zero attached hydrogens (tertiary/aromatic N) is 4. The normalized spacial score (nSPS) is 24.1. The lowest BCUT2D eigenvalue weighted by atomic mass is 9.90. The number of β-amino-alcohol motifs (C(OH)–C–C–N with tert-alkyl or cyclic N) is 1. The van der Waals surface area contributed by atoms with Crippen LogP contribution < -0.4 is 4.90 Å². The van der Waals surface area contributed by atoms with Gasteiger partial charge in [0.1, 0.15) is 11.3 Å². The second kappa shape index (κ2) is 6.57. The van der Waals surface area contributed by atoms with E-state index in [1.807, 2.05) is 28.0 Å². The number of para-hydroxylation sites is 1. The van der Waals surface area contributed by atoms with E-state index in [1.165, 1.54) is 5.56 Å². The zero-order valence-corrected chi connectivity index (χ0v) is 14.2. The number of aromatic amines is 1. The van der Waals surface area contributed by atoms with Gasteiger partial charge in [0.05, 0.1) is 12.7 Å². The molecule has 1 fully saturated rings. The van der Waals surface area contributed by atoms with Crippen molar-refractivity contribution in [1.82, 2.24) is 20.3 Å². The summed E-state index contributed by atoms with van der Waals surface area (Å²) in [7, 11) is 0. The van der Waals surface area contributed by atoms with E-state index < -0.39 is 5.60 Å². The highest BCUT2D eigenvalue weighted by atomic mass is 16.3. The first kappa shape index (κ1) is 16.2.